The molecule has 3 aromatic heterocycles. The highest BCUT2D eigenvalue weighted by atomic mass is 16.3. The normalized spacial score (nSPS) is 10.6. The molecule has 0 amide bonds. The van der Waals surface area contributed by atoms with E-state index in [1.54, 1.807) is 6.26 Å². The van der Waals surface area contributed by atoms with E-state index >= 15 is 0 Å². The fraction of sp³-hybridized carbons (Fsp3) is 0.474. The summed E-state index contributed by atoms with van der Waals surface area (Å²) in [6, 6.07) is 3.83. The Kier molecular flexibility index (Phi) is 6.58. The summed E-state index contributed by atoms with van der Waals surface area (Å²) in [6.45, 7) is 9.39. The molecule has 0 saturated carbocycles. The van der Waals surface area contributed by atoms with Gasteiger partial charge in [0, 0.05) is 25.6 Å². The summed E-state index contributed by atoms with van der Waals surface area (Å²) in [5.41, 5.74) is 9.12. The average molecular weight is 343 g/mol. The smallest absolute Gasteiger partial charge is 0.146 e. The second-order valence-corrected chi connectivity index (χ2v) is 5.64. The molecule has 0 aliphatic rings. The molecule has 6 heteroatoms. The standard InChI is InChI=1S/C17H23N5O.C2H6/c1-4-14-20-16(19-10-12-6-5-9-23-12)15-11(2)13(7-8-18)22(3)17(15)21-14;1-2/h5-6,9H,4,7-8,10,18H2,1-3H3,(H,19,20,21);1-2H3. The predicted molar refractivity (Wildman–Crippen MR) is 103 cm³/mol. The van der Waals surface area contributed by atoms with Crippen LogP contribution in [0.15, 0.2) is 22.8 Å². The summed E-state index contributed by atoms with van der Waals surface area (Å²) >= 11 is 0. The van der Waals surface area contributed by atoms with Gasteiger partial charge in [0.25, 0.3) is 0 Å². The molecule has 0 fully saturated rings. The Hall–Kier alpha value is -2.34. The number of rotatable bonds is 6. The molecule has 0 radical (unpaired) electrons. The van der Waals surface area contributed by atoms with E-state index in [1.807, 2.05) is 33.0 Å². The monoisotopic (exact) mass is 343 g/mol. The average Bonchev–Trinajstić information content (AvgIpc) is 3.24. The first kappa shape index (κ1) is 19.0. The van der Waals surface area contributed by atoms with Gasteiger partial charge in [-0.2, -0.15) is 0 Å². The van der Waals surface area contributed by atoms with Crippen molar-refractivity contribution in [2.45, 2.75) is 47.1 Å². The Morgan fingerprint density at radius 3 is 2.64 bits per heavy atom. The van der Waals surface area contributed by atoms with Gasteiger partial charge in [0.05, 0.1) is 18.2 Å². The summed E-state index contributed by atoms with van der Waals surface area (Å²) in [6.07, 6.45) is 3.30. The number of fused-ring (bicyclic) bond motifs is 1. The van der Waals surface area contributed by atoms with E-state index in [0.717, 1.165) is 41.3 Å². The topological polar surface area (TPSA) is 81.9 Å². The zero-order chi connectivity index (χ0) is 18.4. The number of nitrogens with one attached hydrogen (secondary N) is 1. The van der Waals surface area contributed by atoms with Crippen molar-refractivity contribution in [3.8, 4) is 0 Å². The van der Waals surface area contributed by atoms with Crippen LogP contribution in [0, 0.1) is 6.92 Å². The van der Waals surface area contributed by atoms with Crippen molar-refractivity contribution in [2.24, 2.45) is 12.8 Å². The summed E-state index contributed by atoms with van der Waals surface area (Å²) in [5, 5.41) is 4.47. The maximum atomic E-state index is 5.76. The van der Waals surface area contributed by atoms with Crippen LogP contribution in [0.3, 0.4) is 0 Å². The first-order chi connectivity index (χ1) is 12.2. The van der Waals surface area contributed by atoms with Crippen LogP contribution in [-0.2, 0) is 26.4 Å². The number of aryl methyl sites for hydroxylation is 3. The summed E-state index contributed by atoms with van der Waals surface area (Å²) in [5.74, 6) is 2.57. The summed E-state index contributed by atoms with van der Waals surface area (Å²) < 4.78 is 7.53. The Balaban J connectivity index is 0.00000109. The van der Waals surface area contributed by atoms with Crippen LogP contribution in [0.1, 0.15) is 43.6 Å². The molecule has 136 valence electrons. The minimum absolute atomic E-state index is 0.600. The highest BCUT2D eigenvalue weighted by Crippen LogP contribution is 2.29. The predicted octanol–water partition coefficient (Wildman–Crippen LogP) is 3.57. The number of hydrogen-bond acceptors (Lipinski definition) is 5. The Morgan fingerprint density at radius 1 is 1.28 bits per heavy atom. The lowest BCUT2D eigenvalue weighted by Crippen LogP contribution is -2.08. The molecule has 0 spiro atoms. The first-order valence-corrected chi connectivity index (χ1v) is 8.96. The minimum atomic E-state index is 0.600. The Bertz CT molecular complexity index is 805. The van der Waals surface area contributed by atoms with Gasteiger partial charge in [-0.25, -0.2) is 9.97 Å². The molecular formula is C19H29N5O. The lowest BCUT2D eigenvalue weighted by atomic mass is 10.1. The molecule has 0 bridgehead atoms. The molecule has 3 aromatic rings. The Labute approximate surface area is 149 Å². The molecular weight excluding hydrogens is 314 g/mol. The van der Waals surface area contributed by atoms with Crippen LogP contribution in [-0.4, -0.2) is 21.1 Å². The summed E-state index contributed by atoms with van der Waals surface area (Å²) in [7, 11) is 2.04. The maximum absolute atomic E-state index is 5.76. The molecule has 0 atom stereocenters. The lowest BCUT2D eigenvalue weighted by molar-refractivity contribution is 0.518. The van der Waals surface area contributed by atoms with E-state index in [1.165, 1.54) is 11.3 Å². The highest BCUT2D eigenvalue weighted by Gasteiger charge is 2.18. The van der Waals surface area contributed by atoms with Crippen molar-refractivity contribution in [1.29, 1.82) is 0 Å². The van der Waals surface area contributed by atoms with Crippen LogP contribution in [0.25, 0.3) is 11.0 Å². The molecule has 0 saturated heterocycles. The number of nitrogens with two attached hydrogens (primary N) is 1. The molecule has 3 heterocycles. The fourth-order valence-electron chi connectivity index (χ4n) is 2.97. The molecule has 0 aromatic carbocycles. The van der Waals surface area contributed by atoms with Gasteiger partial charge in [-0.05, 0) is 31.2 Å². The third-order valence-electron chi connectivity index (χ3n) is 4.17. The molecule has 0 unspecified atom stereocenters. The van der Waals surface area contributed by atoms with E-state index in [4.69, 9.17) is 15.1 Å². The van der Waals surface area contributed by atoms with Gasteiger partial charge >= 0.3 is 0 Å². The molecule has 6 nitrogen and oxygen atoms in total. The van der Waals surface area contributed by atoms with Crippen molar-refractivity contribution in [3.05, 3.63) is 41.2 Å². The van der Waals surface area contributed by atoms with Gasteiger partial charge in [0.2, 0.25) is 0 Å². The number of anilines is 1. The van der Waals surface area contributed by atoms with E-state index in [2.05, 4.69) is 28.7 Å². The first-order valence-electron chi connectivity index (χ1n) is 8.96. The van der Waals surface area contributed by atoms with E-state index in [0.29, 0.717) is 13.1 Å². The maximum Gasteiger partial charge on any atom is 0.146 e. The summed E-state index contributed by atoms with van der Waals surface area (Å²) in [4.78, 5) is 9.40. The number of hydrogen-bond donors (Lipinski definition) is 2. The second kappa shape index (κ2) is 8.67. The van der Waals surface area contributed by atoms with E-state index in [-0.39, 0.29) is 0 Å². The fourth-order valence-corrected chi connectivity index (χ4v) is 2.97. The Morgan fingerprint density at radius 2 is 2.04 bits per heavy atom. The molecule has 3 N–H and O–H groups in total. The van der Waals surface area contributed by atoms with Gasteiger partial charge < -0.3 is 20.0 Å². The lowest BCUT2D eigenvalue weighted by Gasteiger charge is -2.08. The van der Waals surface area contributed by atoms with E-state index in [9.17, 15) is 0 Å². The van der Waals surface area contributed by atoms with Crippen molar-refractivity contribution in [2.75, 3.05) is 11.9 Å². The molecule has 0 aliphatic carbocycles. The molecule has 25 heavy (non-hydrogen) atoms. The van der Waals surface area contributed by atoms with Crippen molar-refractivity contribution < 1.29 is 4.42 Å². The molecule has 0 aliphatic heterocycles. The van der Waals surface area contributed by atoms with Gasteiger partial charge in [-0.1, -0.05) is 20.8 Å². The number of furan rings is 1. The zero-order valence-electron chi connectivity index (χ0n) is 15.9. The number of aromatic nitrogens is 3. The van der Waals surface area contributed by atoms with Gasteiger partial charge in [-0.15, -0.1) is 0 Å². The van der Waals surface area contributed by atoms with Crippen LogP contribution in [0.4, 0.5) is 5.82 Å². The van der Waals surface area contributed by atoms with Crippen molar-refractivity contribution >= 4 is 16.9 Å². The van der Waals surface area contributed by atoms with Crippen LogP contribution >= 0.6 is 0 Å². The van der Waals surface area contributed by atoms with E-state index < -0.39 is 0 Å². The van der Waals surface area contributed by atoms with Crippen LogP contribution in [0.5, 0.6) is 0 Å². The quantitative estimate of drug-likeness (QED) is 0.715. The highest BCUT2D eigenvalue weighted by molar-refractivity contribution is 5.92. The zero-order valence-corrected chi connectivity index (χ0v) is 15.9. The van der Waals surface area contributed by atoms with Gasteiger partial charge in [0.15, 0.2) is 0 Å². The molecule has 3 rings (SSSR count). The van der Waals surface area contributed by atoms with Crippen molar-refractivity contribution in [1.82, 2.24) is 14.5 Å². The number of nitrogens with zero attached hydrogens (tertiary/aromatic N) is 3. The second-order valence-electron chi connectivity index (χ2n) is 5.64. The largest absolute Gasteiger partial charge is 0.467 e. The van der Waals surface area contributed by atoms with Crippen LogP contribution in [0.2, 0.25) is 0 Å². The SMILES string of the molecule is CC.CCc1nc(NCc2ccco2)c2c(C)c(CCN)n(C)c2n1. The van der Waals surface area contributed by atoms with Gasteiger partial charge in [-0.3, -0.25) is 0 Å². The van der Waals surface area contributed by atoms with Crippen molar-refractivity contribution in [3.63, 3.8) is 0 Å². The van der Waals surface area contributed by atoms with Crippen LogP contribution < -0.4 is 11.1 Å². The minimum Gasteiger partial charge on any atom is -0.467 e. The van der Waals surface area contributed by atoms with Gasteiger partial charge in [0.1, 0.15) is 23.0 Å². The third-order valence-corrected chi connectivity index (χ3v) is 4.17. The third kappa shape index (κ3) is 3.85.